The summed E-state index contributed by atoms with van der Waals surface area (Å²) in [5, 5.41) is 6.51. The van der Waals surface area contributed by atoms with Crippen molar-refractivity contribution in [3.05, 3.63) is 29.6 Å². The maximum absolute atomic E-state index is 12.7. The van der Waals surface area contributed by atoms with Gasteiger partial charge in [0.05, 0.1) is 29.9 Å². The Kier molecular flexibility index (Phi) is 6.46. The largest absolute Gasteiger partial charge is 0.419 e. The number of hydrogen-bond donors (Lipinski definition) is 2. The fourth-order valence-electron chi connectivity index (χ4n) is 2.81. The van der Waals surface area contributed by atoms with Gasteiger partial charge in [-0.3, -0.25) is 14.5 Å². The van der Waals surface area contributed by atoms with Gasteiger partial charge in [0, 0.05) is 18.5 Å². The molecule has 1 aromatic rings. The van der Waals surface area contributed by atoms with Crippen LogP contribution in [0.5, 0.6) is 0 Å². The van der Waals surface area contributed by atoms with Crippen molar-refractivity contribution in [1.82, 2.24) is 15.1 Å². The summed E-state index contributed by atoms with van der Waals surface area (Å²) in [6, 6.07) is -0.517. The van der Waals surface area contributed by atoms with Crippen molar-refractivity contribution in [3.63, 3.8) is 0 Å². The van der Waals surface area contributed by atoms with Crippen LogP contribution in [0.1, 0.15) is 45.6 Å². The maximum Gasteiger partial charge on any atom is 0.419 e. The summed E-state index contributed by atoms with van der Waals surface area (Å²) >= 11 is 0. The van der Waals surface area contributed by atoms with Crippen LogP contribution in [0, 0.1) is 0 Å². The molecule has 2 heterocycles. The third kappa shape index (κ3) is 6.50. The molecule has 2 atom stereocenters. The van der Waals surface area contributed by atoms with E-state index in [1.54, 1.807) is 20.1 Å². The monoisotopic (exact) mass is 385 g/mol. The average Bonchev–Trinajstić information content (AvgIpc) is 2.90. The Labute approximate surface area is 156 Å². The van der Waals surface area contributed by atoms with Crippen molar-refractivity contribution in [2.75, 3.05) is 0 Å². The number of hydrogen-bond acceptors (Lipinski definition) is 4. The lowest BCUT2D eigenvalue weighted by atomic mass is 10.0. The maximum atomic E-state index is 12.7. The summed E-state index contributed by atoms with van der Waals surface area (Å²) in [6.45, 7) is 5.53. The molecule has 0 bridgehead atoms. The number of allylic oxidation sites excluding steroid dienone is 1. The van der Waals surface area contributed by atoms with E-state index in [4.69, 9.17) is 5.73 Å². The van der Waals surface area contributed by atoms with Crippen LogP contribution in [0.4, 0.5) is 13.2 Å². The number of amides is 1. The molecule has 0 aliphatic carbocycles. The first-order valence-electron chi connectivity index (χ1n) is 8.86. The van der Waals surface area contributed by atoms with E-state index in [-0.39, 0.29) is 18.5 Å². The van der Waals surface area contributed by atoms with Crippen molar-refractivity contribution in [2.45, 2.75) is 70.4 Å². The van der Waals surface area contributed by atoms with E-state index < -0.39 is 23.3 Å². The van der Waals surface area contributed by atoms with Crippen LogP contribution >= 0.6 is 0 Å². The quantitative estimate of drug-likeness (QED) is 0.790. The molecule has 1 aromatic heterocycles. The average molecular weight is 385 g/mol. The predicted octanol–water partition coefficient (Wildman–Crippen LogP) is 2.69. The topological polar surface area (TPSA) is 85.3 Å². The van der Waals surface area contributed by atoms with Crippen LogP contribution in [-0.4, -0.2) is 39.5 Å². The molecule has 9 heteroatoms. The lowest BCUT2D eigenvalue weighted by Gasteiger charge is -2.28. The van der Waals surface area contributed by atoms with Gasteiger partial charge in [-0.15, -0.1) is 0 Å². The molecule has 0 fully saturated rings. The molecule has 2 rings (SSSR count). The molecule has 150 valence electrons. The van der Waals surface area contributed by atoms with Gasteiger partial charge in [0.15, 0.2) is 0 Å². The number of halogens is 3. The highest BCUT2D eigenvalue weighted by atomic mass is 19.4. The number of alkyl halides is 3. The van der Waals surface area contributed by atoms with E-state index in [0.29, 0.717) is 6.42 Å². The number of carbonyl (C=O) groups is 1. The number of nitrogens with two attached hydrogens (primary N) is 1. The van der Waals surface area contributed by atoms with Crippen molar-refractivity contribution in [1.29, 1.82) is 0 Å². The summed E-state index contributed by atoms with van der Waals surface area (Å²) < 4.78 is 39.2. The van der Waals surface area contributed by atoms with E-state index in [1.807, 2.05) is 13.0 Å². The van der Waals surface area contributed by atoms with Crippen molar-refractivity contribution in [3.8, 4) is 0 Å². The van der Waals surface area contributed by atoms with Gasteiger partial charge in [0.2, 0.25) is 5.91 Å². The SMILES string of the molecule is CC1CCC=C(C[C@@H](N)C(=O)NC(C)(C)Cn2cc(C(F)(F)F)cn2)C=N1. The second kappa shape index (κ2) is 8.24. The number of nitrogens with zero attached hydrogens (tertiary/aromatic N) is 3. The van der Waals surface area contributed by atoms with Crippen LogP contribution in [0.25, 0.3) is 0 Å². The van der Waals surface area contributed by atoms with Gasteiger partial charge < -0.3 is 11.1 Å². The summed E-state index contributed by atoms with van der Waals surface area (Å²) in [5.41, 5.74) is 5.29. The Morgan fingerprint density at radius 2 is 2.15 bits per heavy atom. The second-order valence-electron chi connectivity index (χ2n) is 7.59. The minimum atomic E-state index is -4.44. The normalized spacial score (nSPS) is 19.4. The molecule has 0 saturated heterocycles. The van der Waals surface area contributed by atoms with Gasteiger partial charge in [0.25, 0.3) is 0 Å². The van der Waals surface area contributed by atoms with Gasteiger partial charge in [0.1, 0.15) is 0 Å². The molecular weight excluding hydrogens is 359 g/mol. The zero-order valence-electron chi connectivity index (χ0n) is 15.8. The zero-order valence-corrected chi connectivity index (χ0v) is 15.8. The number of nitrogens with one attached hydrogen (secondary N) is 1. The van der Waals surface area contributed by atoms with E-state index in [9.17, 15) is 18.0 Å². The van der Waals surface area contributed by atoms with Gasteiger partial charge in [-0.1, -0.05) is 6.08 Å². The van der Waals surface area contributed by atoms with Crippen LogP contribution in [-0.2, 0) is 17.5 Å². The first-order valence-corrected chi connectivity index (χ1v) is 8.86. The zero-order chi connectivity index (χ0) is 20.2. The summed E-state index contributed by atoms with van der Waals surface area (Å²) in [7, 11) is 0. The van der Waals surface area contributed by atoms with Crippen molar-refractivity contribution < 1.29 is 18.0 Å². The molecule has 1 aliphatic heterocycles. The molecule has 0 spiro atoms. The molecule has 6 nitrogen and oxygen atoms in total. The van der Waals surface area contributed by atoms with Crippen LogP contribution in [0.2, 0.25) is 0 Å². The summed E-state index contributed by atoms with van der Waals surface area (Å²) in [4.78, 5) is 16.8. The summed E-state index contributed by atoms with van der Waals surface area (Å²) in [5.74, 6) is -0.366. The first-order chi connectivity index (χ1) is 12.5. The Bertz CT molecular complexity index is 721. The number of carbonyl (C=O) groups excluding carboxylic acids is 1. The highest BCUT2D eigenvalue weighted by Gasteiger charge is 2.33. The lowest BCUT2D eigenvalue weighted by Crippen LogP contribution is -2.52. The Morgan fingerprint density at radius 3 is 2.78 bits per heavy atom. The number of aromatic nitrogens is 2. The third-order valence-electron chi connectivity index (χ3n) is 4.26. The minimum absolute atomic E-state index is 0.0865. The summed E-state index contributed by atoms with van der Waals surface area (Å²) in [6.07, 6.45) is 3.24. The lowest BCUT2D eigenvalue weighted by molar-refractivity contribution is -0.137. The first kappa shape index (κ1) is 21.1. The molecule has 1 aliphatic rings. The molecule has 0 radical (unpaired) electrons. The molecule has 0 aromatic carbocycles. The van der Waals surface area contributed by atoms with Crippen molar-refractivity contribution >= 4 is 12.1 Å². The van der Waals surface area contributed by atoms with Gasteiger partial charge in [-0.2, -0.15) is 18.3 Å². The molecule has 27 heavy (non-hydrogen) atoms. The second-order valence-corrected chi connectivity index (χ2v) is 7.59. The molecule has 3 N–H and O–H groups in total. The van der Waals surface area contributed by atoms with Crippen LogP contribution < -0.4 is 11.1 Å². The number of rotatable bonds is 6. The highest BCUT2D eigenvalue weighted by molar-refractivity contribution is 5.85. The fraction of sp³-hybridized carbons (Fsp3) is 0.611. The predicted molar refractivity (Wildman–Crippen MR) is 97.3 cm³/mol. The highest BCUT2D eigenvalue weighted by Crippen LogP contribution is 2.28. The van der Waals surface area contributed by atoms with Gasteiger partial charge >= 0.3 is 6.18 Å². The molecule has 0 saturated carbocycles. The Balaban J connectivity index is 1.93. The molecular formula is C18H26F3N5O. The molecule has 1 amide bonds. The smallest absolute Gasteiger partial charge is 0.348 e. The van der Waals surface area contributed by atoms with Gasteiger partial charge in [-0.25, -0.2) is 0 Å². The molecule has 1 unspecified atom stereocenters. The van der Waals surface area contributed by atoms with E-state index in [2.05, 4.69) is 15.4 Å². The van der Waals surface area contributed by atoms with Crippen molar-refractivity contribution in [2.24, 2.45) is 10.7 Å². The van der Waals surface area contributed by atoms with E-state index >= 15 is 0 Å². The van der Waals surface area contributed by atoms with Gasteiger partial charge in [-0.05, 0) is 45.6 Å². The third-order valence-corrected chi connectivity index (χ3v) is 4.26. The van der Waals surface area contributed by atoms with Crippen LogP contribution in [0.3, 0.4) is 0 Å². The standard InChI is InChI=1S/C18H26F3N5O/c1-12-5-4-6-13(8-23-12)7-15(22)16(27)25-17(2,3)11-26-10-14(9-24-26)18(19,20)21/h6,8-10,12,15H,4-5,7,11,22H2,1-3H3,(H,25,27)/t12?,15-/m1/s1. The number of aliphatic imine (C=N–C) groups is 1. The van der Waals surface area contributed by atoms with E-state index in [1.165, 1.54) is 0 Å². The Hall–Kier alpha value is -2.16. The Morgan fingerprint density at radius 1 is 1.44 bits per heavy atom. The van der Waals surface area contributed by atoms with E-state index in [0.717, 1.165) is 35.5 Å². The fourth-order valence-corrected chi connectivity index (χ4v) is 2.81. The van der Waals surface area contributed by atoms with Crippen LogP contribution in [0.15, 0.2) is 29.0 Å². The minimum Gasteiger partial charge on any atom is -0.348 e.